The maximum absolute atomic E-state index is 12.1. The van der Waals surface area contributed by atoms with E-state index in [1.54, 1.807) is 0 Å². The van der Waals surface area contributed by atoms with Crippen LogP contribution < -0.4 is 5.32 Å². The predicted molar refractivity (Wildman–Crippen MR) is 89.2 cm³/mol. The summed E-state index contributed by atoms with van der Waals surface area (Å²) in [4.78, 5) is 14.3. The van der Waals surface area contributed by atoms with Crippen LogP contribution in [0.4, 0.5) is 0 Å². The molecule has 0 radical (unpaired) electrons. The Kier molecular flexibility index (Phi) is 5.61. The number of hydrogen-bond donors (Lipinski definition) is 1. The number of nitrogens with zero attached hydrogens (tertiary/aromatic N) is 1. The van der Waals surface area contributed by atoms with E-state index in [0.29, 0.717) is 6.54 Å². The molecule has 0 aliphatic carbocycles. The summed E-state index contributed by atoms with van der Waals surface area (Å²) in [5, 5.41) is 2.99. The fourth-order valence-corrected chi connectivity index (χ4v) is 2.48. The zero-order valence-corrected chi connectivity index (χ0v) is 12.9. The minimum atomic E-state index is 0. The monoisotopic (exact) mass is 286 g/mol. The number of benzene rings is 1. The number of carbonyl (C=O) groups is 1. The lowest BCUT2D eigenvalue weighted by Gasteiger charge is -2.14. The molecule has 2 rings (SSSR count). The van der Waals surface area contributed by atoms with Crippen molar-refractivity contribution in [2.24, 2.45) is 0 Å². The number of nitrogens with one attached hydrogen (secondary N) is 1. The first-order chi connectivity index (χ1) is 10.1. The van der Waals surface area contributed by atoms with Gasteiger partial charge in [0.15, 0.2) is 0 Å². The minimum Gasteiger partial charge on any atom is -0.355 e. The first-order valence-corrected chi connectivity index (χ1v) is 7.61. The van der Waals surface area contributed by atoms with Gasteiger partial charge in [0.1, 0.15) is 0 Å². The zero-order valence-electron chi connectivity index (χ0n) is 12.9. The van der Waals surface area contributed by atoms with Crippen molar-refractivity contribution < 1.29 is 6.22 Å². The average Bonchev–Trinajstić information content (AvgIpc) is 2.71. The molecule has 1 amide bonds. The normalized spacial score (nSPS) is 14.1. The summed E-state index contributed by atoms with van der Waals surface area (Å²) >= 11 is 0. The number of allylic oxidation sites excluding steroid dienone is 2. The molecule has 0 unspecified atom stereocenters. The SMILES string of the molecule is Cc1cc(C)cc(C(=O)NCCCN2C=CCCC=C2)c1.[HH]. The Morgan fingerprint density at radius 3 is 2.38 bits per heavy atom. The van der Waals surface area contributed by atoms with Gasteiger partial charge in [0.05, 0.1) is 0 Å². The Morgan fingerprint density at radius 2 is 1.76 bits per heavy atom. The van der Waals surface area contributed by atoms with Gasteiger partial charge >= 0.3 is 0 Å². The van der Waals surface area contributed by atoms with Crippen LogP contribution >= 0.6 is 0 Å². The van der Waals surface area contributed by atoms with Crippen molar-refractivity contribution >= 4 is 5.91 Å². The summed E-state index contributed by atoms with van der Waals surface area (Å²) in [7, 11) is 0. The molecule has 0 fully saturated rings. The Morgan fingerprint density at radius 1 is 1.14 bits per heavy atom. The van der Waals surface area contributed by atoms with E-state index in [-0.39, 0.29) is 7.33 Å². The van der Waals surface area contributed by atoms with Crippen molar-refractivity contribution in [1.29, 1.82) is 0 Å². The summed E-state index contributed by atoms with van der Waals surface area (Å²) < 4.78 is 0. The van der Waals surface area contributed by atoms with E-state index in [1.165, 1.54) is 0 Å². The molecule has 21 heavy (non-hydrogen) atoms. The third kappa shape index (κ3) is 5.10. The van der Waals surface area contributed by atoms with E-state index in [4.69, 9.17) is 0 Å². The summed E-state index contributed by atoms with van der Waals surface area (Å²) in [5.74, 6) is 0.0174. The first-order valence-electron chi connectivity index (χ1n) is 7.61. The van der Waals surface area contributed by atoms with Crippen LogP contribution in [0.1, 0.15) is 42.2 Å². The molecule has 0 saturated carbocycles. The van der Waals surface area contributed by atoms with Crippen LogP contribution in [0.15, 0.2) is 42.8 Å². The molecule has 0 atom stereocenters. The van der Waals surface area contributed by atoms with Crippen LogP contribution in [0.3, 0.4) is 0 Å². The van der Waals surface area contributed by atoms with Crippen LogP contribution in [0.5, 0.6) is 0 Å². The maximum atomic E-state index is 12.1. The van der Waals surface area contributed by atoms with Gasteiger partial charge in [-0.3, -0.25) is 4.79 Å². The maximum Gasteiger partial charge on any atom is 0.251 e. The van der Waals surface area contributed by atoms with E-state index in [9.17, 15) is 4.79 Å². The smallest absolute Gasteiger partial charge is 0.251 e. The molecule has 1 aromatic carbocycles. The lowest BCUT2D eigenvalue weighted by molar-refractivity contribution is 0.0952. The van der Waals surface area contributed by atoms with Gasteiger partial charge in [-0.2, -0.15) is 0 Å². The van der Waals surface area contributed by atoms with Crippen molar-refractivity contribution in [1.82, 2.24) is 10.2 Å². The lowest BCUT2D eigenvalue weighted by Crippen LogP contribution is -2.26. The van der Waals surface area contributed by atoms with E-state index >= 15 is 0 Å². The van der Waals surface area contributed by atoms with Gasteiger partial charge in [-0.25, -0.2) is 0 Å². The standard InChI is InChI=1S/C18H24N2O.H2/c1-15-12-16(2)14-17(13-15)18(21)19-8-7-11-20-9-5-3-4-6-10-20;/h5-6,9-10,12-14H,3-4,7-8,11H2,1-2H3,(H,19,21);1H. The third-order valence-corrected chi connectivity index (χ3v) is 3.46. The van der Waals surface area contributed by atoms with Crippen molar-refractivity contribution in [3.05, 3.63) is 59.4 Å². The largest absolute Gasteiger partial charge is 0.355 e. The highest BCUT2D eigenvalue weighted by Gasteiger charge is 2.06. The zero-order chi connectivity index (χ0) is 15.1. The Balaban J connectivity index is 0.00000242. The predicted octanol–water partition coefficient (Wildman–Crippen LogP) is 3.79. The molecule has 1 aliphatic heterocycles. The molecule has 1 heterocycles. The number of rotatable bonds is 5. The molecule has 0 aromatic heterocycles. The second kappa shape index (κ2) is 7.67. The third-order valence-electron chi connectivity index (χ3n) is 3.46. The van der Waals surface area contributed by atoms with Gasteiger partial charge in [0, 0.05) is 20.1 Å². The summed E-state index contributed by atoms with van der Waals surface area (Å²) in [5.41, 5.74) is 3.00. The number of aryl methyl sites for hydroxylation is 2. The molecule has 1 aromatic rings. The topological polar surface area (TPSA) is 32.3 Å². The quantitative estimate of drug-likeness (QED) is 0.835. The second-order valence-electron chi connectivity index (χ2n) is 5.57. The molecule has 3 heteroatoms. The van der Waals surface area contributed by atoms with Gasteiger partial charge in [-0.1, -0.05) is 29.3 Å². The molecule has 1 aliphatic rings. The molecule has 0 spiro atoms. The molecule has 0 saturated heterocycles. The lowest BCUT2D eigenvalue weighted by atomic mass is 10.1. The molecule has 114 valence electrons. The highest BCUT2D eigenvalue weighted by Crippen LogP contribution is 2.09. The van der Waals surface area contributed by atoms with E-state index in [2.05, 4.69) is 40.8 Å². The summed E-state index contributed by atoms with van der Waals surface area (Å²) in [6, 6.07) is 5.94. The van der Waals surface area contributed by atoms with E-state index in [0.717, 1.165) is 42.5 Å². The number of amides is 1. The van der Waals surface area contributed by atoms with Crippen LogP contribution in [0.2, 0.25) is 0 Å². The first kappa shape index (κ1) is 15.4. The van der Waals surface area contributed by atoms with Gasteiger partial charge < -0.3 is 10.2 Å². The van der Waals surface area contributed by atoms with Crippen molar-refractivity contribution in [3.8, 4) is 0 Å². The molecular formula is C18H26N2O. The highest BCUT2D eigenvalue weighted by atomic mass is 16.1. The molecule has 1 N–H and O–H groups in total. The van der Waals surface area contributed by atoms with Crippen molar-refractivity contribution in [2.75, 3.05) is 13.1 Å². The number of carbonyl (C=O) groups excluding carboxylic acids is 1. The van der Waals surface area contributed by atoms with Gasteiger partial charge in [-0.05, 0) is 57.6 Å². The number of hydrogen-bond acceptors (Lipinski definition) is 2. The summed E-state index contributed by atoms with van der Waals surface area (Å²) in [6.45, 7) is 5.66. The van der Waals surface area contributed by atoms with Crippen molar-refractivity contribution in [3.63, 3.8) is 0 Å². The Labute approximate surface area is 128 Å². The molecular weight excluding hydrogens is 260 g/mol. The van der Waals surface area contributed by atoms with Crippen molar-refractivity contribution in [2.45, 2.75) is 33.1 Å². The van der Waals surface area contributed by atoms with Crippen LogP contribution in [-0.4, -0.2) is 23.9 Å². The fourth-order valence-electron chi connectivity index (χ4n) is 2.48. The highest BCUT2D eigenvalue weighted by molar-refractivity contribution is 5.94. The Bertz CT molecular complexity index is 518. The summed E-state index contributed by atoms with van der Waals surface area (Å²) in [6.07, 6.45) is 11.8. The van der Waals surface area contributed by atoms with Crippen LogP contribution in [-0.2, 0) is 0 Å². The molecule has 0 bridgehead atoms. The van der Waals surface area contributed by atoms with Gasteiger partial charge in [0.2, 0.25) is 0 Å². The molecule has 3 nitrogen and oxygen atoms in total. The fraction of sp³-hybridized carbons (Fsp3) is 0.389. The Hall–Kier alpha value is -2.03. The minimum absolute atomic E-state index is 0. The van der Waals surface area contributed by atoms with Gasteiger partial charge in [0.25, 0.3) is 5.91 Å². The van der Waals surface area contributed by atoms with Crippen LogP contribution in [0, 0.1) is 13.8 Å². The second-order valence-corrected chi connectivity index (χ2v) is 5.57. The average molecular weight is 286 g/mol. The van der Waals surface area contributed by atoms with Crippen LogP contribution in [0.25, 0.3) is 0 Å². The van der Waals surface area contributed by atoms with E-state index in [1.807, 2.05) is 26.0 Å². The van der Waals surface area contributed by atoms with E-state index < -0.39 is 0 Å². The van der Waals surface area contributed by atoms with Gasteiger partial charge in [-0.15, -0.1) is 0 Å².